The average molecular weight is 315 g/mol. The highest BCUT2D eigenvalue weighted by molar-refractivity contribution is 5.65. The number of carbonyl (C=O) groups is 1. The summed E-state index contributed by atoms with van der Waals surface area (Å²) in [5.41, 5.74) is 6.87. The van der Waals surface area contributed by atoms with Crippen molar-refractivity contribution in [1.82, 2.24) is 0 Å². The van der Waals surface area contributed by atoms with Gasteiger partial charge in [0, 0.05) is 18.0 Å². The molecule has 5 nitrogen and oxygen atoms in total. The van der Waals surface area contributed by atoms with Crippen molar-refractivity contribution in [2.45, 2.75) is 26.0 Å². The van der Waals surface area contributed by atoms with Crippen molar-refractivity contribution in [3.05, 3.63) is 59.2 Å². The fourth-order valence-electron chi connectivity index (χ4n) is 2.22. The number of carboxylic acids is 1. The van der Waals surface area contributed by atoms with Crippen LogP contribution >= 0.6 is 0 Å². The Balaban J connectivity index is 2.09. The molecule has 3 N–H and O–H groups in total. The molecule has 0 saturated carbocycles. The third-order valence-corrected chi connectivity index (χ3v) is 3.59. The Morgan fingerprint density at radius 1 is 1.17 bits per heavy atom. The number of ether oxygens (including phenoxy) is 2. The van der Waals surface area contributed by atoms with E-state index in [1.54, 1.807) is 25.3 Å². The Morgan fingerprint density at radius 3 is 2.48 bits per heavy atom. The number of quaternary nitrogens is 1. The van der Waals surface area contributed by atoms with Gasteiger partial charge < -0.3 is 25.1 Å². The lowest BCUT2D eigenvalue weighted by Crippen LogP contribution is -2.55. The predicted octanol–water partition coefficient (Wildman–Crippen LogP) is 1.01. The summed E-state index contributed by atoms with van der Waals surface area (Å²) < 4.78 is 11.1. The number of hydrogen-bond acceptors (Lipinski definition) is 4. The molecule has 0 spiro atoms. The quantitative estimate of drug-likeness (QED) is 0.826. The Bertz CT molecular complexity index is 667. The molecule has 23 heavy (non-hydrogen) atoms. The van der Waals surface area contributed by atoms with Gasteiger partial charge >= 0.3 is 0 Å². The summed E-state index contributed by atoms with van der Waals surface area (Å²) in [5.74, 6) is 0.0442. The highest BCUT2D eigenvalue weighted by atomic mass is 16.5. The number of aliphatic carboxylic acids is 1. The van der Waals surface area contributed by atoms with Gasteiger partial charge in [0.25, 0.3) is 0 Å². The van der Waals surface area contributed by atoms with Gasteiger partial charge in [-0.15, -0.1) is 0 Å². The Kier molecular flexibility index (Phi) is 5.60. The molecular formula is C18H21NO4. The second-order valence-corrected chi connectivity index (χ2v) is 5.46. The molecule has 0 fully saturated rings. The van der Waals surface area contributed by atoms with Crippen LogP contribution in [0, 0.1) is 6.92 Å². The molecule has 0 saturated heterocycles. The molecule has 0 unspecified atom stereocenters. The zero-order valence-corrected chi connectivity index (χ0v) is 13.4. The van der Waals surface area contributed by atoms with Gasteiger partial charge in [-0.25, -0.2) is 0 Å². The standard InChI is InChI=1S/C18H21NO4/c1-12-3-5-13(6-4-12)11-23-16-8-7-14(9-17(16)22-2)15(19)10-18(20)21/h3-9,15H,10-11,19H2,1-2H3,(H,20,21)/t15-/m1/s1. The zero-order valence-electron chi connectivity index (χ0n) is 13.4. The Labute approximate surface area is 135 Å². The van der Waals surface area contributed by atoms with Crippen LogP contribution in [0.15, 0.2) is 42.5 Å². The fraction of sp³-hybridized carbons (Fsp3) is 0.278. The molecular weight excluding hydrogens is 294 g/mol. The topological polar surface area (TPSA) is 86.2 Å². The first-order valence-corrected chi connectivity index (χ1v) is 7.39. The molecule has 0 bridgehead atoms. The number of carboxylic acid groups (broad SMARTS) is 1. The average Bonchev–Trinajstić information content (AvgIpc) is 2.53. The van der Waals surface area contributed by atoms with E-state index in [4.69, 9.17) is 9.47 Å². The van der Waals surface area contributed by atoms with Crippen LogP contribution in [0.25, 0.3) is 0 Å². The van der Waals surface area contributed by atoms with Crippen molar-refractivity contribution >= 4 is 5.97 Å². The molecule has 2 rings (SSSR count). The molecule has 0 amide bonds. The van der Waals surface area contributed by atoms with E-state index in [2.05, 4.69) is 5.73 Å². The van der Waals surface area contributed by atoms with E-state index >= 15 is 0 Å². The minimum Gasteiger partial charge on any atom is -0.550 e. The maximum Gasteiger partial charge on any atom is 0.161 e. The van der Waals surface area contributed by atoms with Crippen molar-refractivity contribution in [3.8, 4) is 11.5 Å². The molecule has 2 aromatic carbocycles. The van der Waals surface area contributed by atoms with E-state index in [1.807, 2.05) is 31.2 Å². The number of benzene rings is 2. The number of rotatable bonds is 7. The third kappa shape index (κ3) is 4.72. The second-order valence-electron chi connectivity index (χ2n) is 5.46. The first-order valence-electron chi connectivity index (χ1n) is 7.39. The predicted molar refractivity (Wildman–Crippen MR) is 83.8 cm³/mol. The van der Waals surface area contributed by atoms with Crippen LogP contribution in [-0.2, 0) is 11.4 Å². The smallest absolute Gasteiger partial charge is 0.161 e. The lowest BCUT2D eigenvalue weighted by atomic mass is 10.0. The highest BCUT2D eigenvalue weighted by Crippen LogP contribution is 2.30. The molecule has 0 heterocycles. The maximum atomic E-state index is 10.7. The summed E-state index contributed by atoms with van der Waals surface area (Å²) in [6.07, 6.45) is -0.132. The highest BCUT2D eigenvalue weighted by Gasteiger charge is 2.14. The van der Waals surface area contributed by atoms with Crippen LogP contribution in [0.2, 0.25) is 0 Å². The van der Waals surface area contributed by atoms with E-state index in [9.17, 15) is 9.90 Å². The largest absolute Gasteiger partial charge is 0.550 e. The monoisotopic (exact) mass is 315 g/mol. The van der Waals surface area contributed by atoms with E-state index in [-0.39, 0.29) is 12.5 Å². The van der Waals surface area contributed by atoms with Gasteiger partial charge in [0.05, 0.1) is 7.11 Å². The van der Waals surface area contributed by atoms with E-state index in [0.29, 0.717) is 18.1 Å². The summed E-state index contributed by atoms with van der Waals surface area (Å²) in [6.45, 7) is 2.47. The van der Waals surface area contributed by atoms with Gasteiger partial charge in [0.1, 0.15) is 12.6 Å². The molecule has 0 aliphatic carbocycles. The summed E-state index contributed by atoms with van der Waals surface area (Å²) >= 11 is 0. The van der Waals surface area contributed by atoms with Crippen molar-refractivity contribution in [2.75, 3.05) is 7.11 Å². The van der Waals surface area contributed by atoms with Gasteiger partial charge in [0.15, 0.2) is 11.5 Å². The molecule has 0 aromatic heterocycles. The number of aryl methyl sites for hydroxylation is 1. The molecule has 2 aromatic rings. The van der Waals surface area contributed by atoms with Crippen molar-refractivity contribution in [3.63, 3.8) is 0 Å². The van der Waals surface area contributed by atoms with Gasteiger partial charge in [-0.2, -0.15) is 0 Å². The van der Waals surface area contributed by atoms with Crippen LogP contribution in [0.1, 0.15) is 29.2 Å². The van der Waals surface area contributed by atoms with Crippen molar-refractivity contribution in [1.29, 1.82) is 0 Å². The lowest BCUT2D eigenvalue weighted by Gasteiger charge is -2.14. The van der Waals surface area contributed by atoms with Crippen molar-refractivity contribution < 1.29 is 25.1 Å². The fourth-order valence-corrected chi connectivity index (χ4v) is 2.22. The SMILES string of the molecule is COc1cc([C@H]([NH3+])CC(=O)[O-])ccc1OCc1ccc(C)cc1. The molecule has 5 heteroatoms. The molecule has 122 valence electrons. The van der Waals surface area contributed by atoms with Crippen LogP contribution in [0.3, 0.4) is 0 Å². The number of hydrogen-bond donors (Lipinski definition) is 1. The lowest BCUT2D eigenvalue weighted by molar-refractivity contribution is -0.430. The van der Waals surface area contributed by atoms with Crippen LogP contribution in [0.5, 0.6) is 11.5 Å². The maximum absolute atomic E-state index is 10.7. The van der Waals surface area contributed by atoms with Crippen LogP contribution < -0.4 is 20.3 Å². The molecule has 1 atom stereocenters. The first kappa shape index (κ1) is 16.8. The third-order valence-electron chi connectivity index (χ3n) is 3.59. The van der Waals surface area contributed by atoms with Crippen molar-refractivity contribution in [2.24, 2.45) is 0 Å². The normalized spacial score (nSPS) is 11.8. The summed E-state index contributed by atoms with van der Waals surface area (Å²) in [4.78, 5) is 10.7. The summed E-state index contributed by atoms with van der Waals surface area (Å²) in [7, 11) is 1.55. The summed E-state index contributed by atoms with van der Waals surface area (Å²) in [6, 6.07) is 13.0. The second kappa shape index (κ2) is 7.65. The van der Waals surface area contributed by atoms with Crippen LogP contribution in [0.4, 0.5) is 0 Å². The van der Waals surface area contributed by atoms with E-state index in [0.717, 1.165) is 11.1 Å². The van der Waals surface area contributed by atoms with Gasteiger partial charge in [-0.05, 0) is 30.7 Å². The van der Waals surface area contributed by atoms with E-state index < -0.39 is 5.97 Å². The zero-order chi connectivity index (χ0) is 16.8. The van der Waals surface area contributed by atoms with Crippen LogP contribution in [-0.4, -0.2) is 13.1 Å². The Morgan fingerprint density at radius 2 is 1.87 bits per heavy atom. The Hall–Kier alpha value is -2.53. The van der Waals surface area contributed by atoms with Gasteiger partial charge in [0.2, 0.25) is 0 Å². The van der Waals surface area contributed by atoms with Gasteiger partial charge in [-0.3, -0.25) is 0 Å². The van der Waals surface area contributed by atoms with E-state index in [1.165, 1.54) is 5.56 Å². The number of methoxy groups -OCH3 is 1. The molecule has 0 aliphatic heterocycles. The first-order chi connectivity index (χ1) is 11.0. The molecule has 0 aliphatic rings. The minimum absolute atomic E-state index is 0.132. The van der Waals surface area contributed by atoms with Gasteiger partial charge in [-0.1, -0.05) is 29.8 Å². The number of carbonyl (C=O) groups excluding carboxylic acids is 1. The molecule has 0 radical (unpaired) electrons. The minimum atomic E-state index is -1.12. The summed E-state index contributed by atoms with van der Waals surface area (Å²) in [5, 5.41) is 10.7.